The lowest BCUT2D eigenvalue weighted by Crippen LogP contribution is -2.16. The number of aromatic nitrogens is 2. The number of rotatable bonds is 4. The Labute approximate surface area is 129 Å². The monoisotopic (exact) mass is 301 g/mol. The smallest absolute Gasteiger partial charge is 0.259 e. The normalized spacial score (nSPS) is 10.5. The Bertz CT molecular complexity index is 671. The molecule has 0 aliphatic carbocycles. The Morgan fingerprint density at radius 1 is 1.33 bits per heavy atom. The fraction of sp³-hybridized carbons (Fsp3) is 0.312. The molecule has 0 saturated carbocycles. The largest absolute Gasteiger partial charge is 0.322 e. The molecule has 1 heterocycles. The van der Waals surface area contributed by atoms with Gasteiger partial charge >= 0.3 is 0 Å². The zero-order valence-electron chi connectivity index (χ0n) is 12.7. The number of thioether (sulfide) groups is 1. The zero-order valence-corrected chi connectivity index (χ0v) is 13.5. The molecule has 2 rings (SSSR count). The molecule has 2 aromatic rings. The molecule has 1 amide bonds. The molecule has 0 aliphatic rings. The summed E-state index contributed by atoms with van der Waals surface area (Å²) >= 11 is 1.47. The van der Waals surface area contributed by atoms with E-state index in [-0.39, 0.29) is 5.91 Å². The van der Waals surface area contributed by atoms with E-state index in [1.54, 1.807) is 6.20 Å². The molecule has 0 aliphatic heterocycles. The van der Waals surface area contributed by atoms with Crippen LogP contribution in [0.15, 0.2) is 29.6 Å². The van der Waals surface area contributed by atoms with E-state index in [1.165, 1.54) is 11.8 Å². The predicted molar refractivity (Wildman–Crippen MR) is 87.1 cm³/mol. The molecular formula is C16H19N3OS. The summed E-state index contributed by atoms with van der Waals surface area (Å²) in [7, 11) is 0. The van der Waals surface area contributed by atoms with Crippen molar-refractivity contribution in [1.29, 1.82) is 0 Å². The molecule has 5 heteroatoms. The van der Waals surface area contributed by atoms with Crippen LogP contribution in [0.1, 0.15) is 34.1 Å². The number of benzene rings is 1. The first-order valence-corrected chi connectivity index (χ1v) is 8.06. The van der Waals surface area contributed by atoms with Gasteiger partial charge in [0.2, 0.25) is 0 Å². The predicted octanol–water partition coefficient (Wildman–Crippen LogP) is 3.63. The Morgan fingerprint density at radius 3 is 2.76 bits per heavy atom. The quantitative estimate of drug-likeness (QED) is 0.692. The first kappa shape index (κ1) is 15.5. The van der Waals surface area contributed by atoms with E-state index in [2.05, 4.69) is 15.3 Å². The average Bonchev–Trinajstić information content (AvgIpc) is 2.51. The molecule has 0 saturated heterocycles. The van der Waals surface area contributed by atoms with Gasteiger partial charge in [0.25, 0.3) is 5.91 Å². The molecule has 0 atom stereocenters. The molecule has 0 unspecified atom stereocenters. The van der Waals surface area contributed by atoms with Crippen molar-refractivity contribution in [2.24, 2.45) is 0 Å². The van der Waals surface area contributed by atoms with E-state index in [4.69, 9.17) is 0 Å². The maximum atomic E-state index is 12.5. The molecule has 0 fully saturated rings. The summed E-state index contributed by atoms with van der Waals surface area (Å²) in [6.07, 6.45) is 4.23. The molecule has 1 aromatic carbocycles. The zero-order chi connectivity index (χ0) is 15.4. The van der Waals surface area contributed by atoms with E-state index in [1.807, 2.05) is 45.2 Å². The second-order valence-electron chi connectivity index (χ2n) is 4.77. The van der Waals surface area contributed by atoms with E-state index in [9.17, 15) is 4.79 Å². The molecule has 4 nitrogen and oxygen atoms in total. The maximum absolute atomic E-state index is 12.5. The van der Waals surface area contributed by atoms with Crippen molar-refractivity contribution < 1.29 is 4.79 Å². The van der Waals surface area contributed by atoms with Gasteiger partial charge in [0, 0.05) is 11.9 Å². The van der Waals surface area contributed by atoms with Crippen LogP contribution >= 0.6 is 11.8 Å². The number of hydrogen-bond donors (Lipinski definition) is 1. The molecule has 21 heavy (non-hydrogen) atoms. The van der Waals surface area contributed by atoms with Gasteiger partial charge in [-0.1, -0.05) is 30.8 Å². The van der Waals surface area contributed by atoms with Crippen LogP contribution < -0.4 is 5.32 Å². The number of amides is 1. The Balaban J connectivity index is 2.30. The third-order valence-electron chi connectivity index (χ3n) is 3.46. The van der Waals surface area contributed by atoms with Gasteiger partial charge in [-0.25, -0.2) is 9.97 Å². The second-order valence-corrected chi connectivity index (χ2v) is 5.55. The number of aryl methyl sites for hydroxylation is 2. The number of nitrogens with zero attached hydrogens (tertiary/aromatic N) is 2. The summed E-state index contributed by atoms with van der Waals surface area (Å²) in [6.45, 7) is 6.01. The van der Waals surface area contributed by atoms with E-state index < -0.39 is 0 Å². The number of hydrogen-bond acceptors (Lipinski definition) is 4. The van der Waals surface area contributed by atoms with Gasteiger partial charge in [-0.2, -0.15) is 0 Å². The van der Waals surface area contributed by atoms with E-state index in [0.29, 0.717) is 17.1 Å². The number of carbonyl (C=O) groups excluding carboxylic acids is 1. The Hall–Kier alpha value is -1.88. The van der Waals surface area contributed by atoms with E-state index in [0.717, 1.165) is 22.5 Å². The van der Waals surface area contributed by atoms with Crippen LogP contribution in [0.5, 0.6) is 0 Å². The topological polar surface area (TPSA) is 54.9 Å². The maximum Gasteiger partial charge on any atom is 0.259 e. The highest BCUT2D eigenvalue weighted by Gasteiger charge is 2.14. The SMILES string of the molecule is CCc1nc(SC)ncc1C(=O)Nc1cccc(C)c1C. The third-order valence-corrected chi connectivity index (χ3v) is 4.02. The fourth-order valence-corrected chi connectivity index (χ4v) is 2.39. The van der Waals surface area contributed by atoms with Crippen molar-refractivity contribution >= 4 is 23.4 Å². The van der Waals surface area contributed by atoms with Crippen molar-refractivity contribution in [3.63, 3.8) is 0 Å². The van der Waals surface area contributed by atoms with Gasteiger partial charge in [-0.05, 0) is 43.7 Å². The van der Waals surface area contributed by atoms with Crippen molar-refractivity contribution in [3.05, 3.63) is 46.8 Å². The number of carbonyl (C=O) groups is 1. The number of anilines is 1. The first-order chi connectivity index (χ1) is 10.1. The van der Waals surface area contributed by atoms with Crippen LogP contribution in [-0.2, 0) is 6.42 Å². The summed E-state index contributed by atoms with van der Waals surface area (Å²) in [5.74, 6) is -0.159. The van der Waals surface area contributed by atoms with Gasteiger partial charge in [-0.3, -0.25) is 4.79 Å². The van der Waals surface area contributed by atoms with Gasteiger partial charge < -0.3 is 5.32 Å². The van der Waals surface area contributed by atoms with Crippen molar-refractivity contribution in [2.45, 2.75) is 32.3 Å². The molecule has 1 aromatic heterocycles. The minimum atomic E-state index is -0.159. The van der Waals surface area contributed by atoms with Crippen LogP contribution in [0.25, 0.3) is 0 Å². The van der Waals surface area contributed by atoms with Crippen LogP contribution in [-0.4, -0.2) is 22.1 Å². The van der Waals surface area contributed by atoms with Gasteiger partial charge in [-0.15, -0.1) is 0 Å². The van der Waals surface area contributed by atoms with Gasteiger partial charge in [0.15, 0.2) is 5.16 Å². The first-order valence-electron chi connectivity index (χ1n) is 6.84. The van der Waals surface area contributed by atoms with Gasteiger partial charge in [0.05, 0.1) is 11.3 Å². The van der Waals surface area contributed by atoms with Crippen molar-refractivity contribution in [2.75, 3.05) is 11.6 Å². The summed E-state index contributed by atoms with van der Waals surface area (Å²) in [6, 6.07) is 5.87. The van der Waals surface area contributed by atoms with Crippen LogP contribution in [0.2, 0.25) is 0 Å². The highest BCUT2D eigenvalue weighted by molar-refractivity contribution is 7.98. The molecule has 110 valence electrons. The molecule has 0 radical (unpaired) electrons. The Morgan fingerprint density at radius 2 is 2.10 bits per heavy atom. The lowest BCUT2D eigenvalue weighted by Gasteiger charge is -2.12. The molecular weight excluding hydrogens is 282 g/mol. The summed E-state index contributed by atoms with van der Waals surface area (Å²) in [4.78, 5) is 21.1. The van der Waals surface area contributed by atoms with Crippen LogP contribution in [0.4, 0.5) is 5.69 Å². The number of nitrogens with one attached hydrogen (secondary N) is 1. The highest BCUT2D eigenvalue weighted by Crippen LogP contribution is 2.20. The summed E-state index contributed by atoms with van der Waals surface area (Å²) < 4.78 is 0. The lowest BCUT2D eigenvalue weighted by molar-refractivity contribution is 0.102. The average molecular weight is 301 g/mol. The van der Waals surface area contributed by atoms with Crippen LogP contribution in [0.3, 0.4) is 0 Å². The lowest BCUT2D eigenvalue weighted by atomic mass is 10.1. The third kappa shape index (κ3) is 3.42. The molecule has 0 spiro atoms. The van der Waals surface area contributed by atoms with Crippen molar-refractivity contribution in [1.82, 2.24) is 9.97 Å². The molecule has 0 bridgehead atoms. The highest BCUT2D eigenvalue weighted by atomic mass is 32.2. The standard InChI is InChI=1S/C16H19N3OS/c1-5-13-12(9-17-16(19-13)21-4)15(20)18-14-8-6-7-10(2)11(14)3/h6-9H,5H2,1-4H3,(H,18,20). The minimum Gasteiger partial charge on any atom is -0.322 e. The van der Waals surface area contributed by atoms with Gasteiger partial charge in [0.1, 0.15) is 0 Å². The fourth-order valence-electron chi connectivity index (χ4n) is 2.03. The summed E-state index contributed by atoms with van der Waals surface area (Å²) in [5.41, 5.74) is 4.37. The van der Waals surface area contributed by atoms with Crippen LogP contribution in [0, 0.1) is 13.8 Å². The van der Waals surface area contributed by atoms with E-state index >= 15 is 0 Å². The summed E-state index contributed by atoms with van der Waals surface area (Å²) in [5, 5.41) is 3.64. The molecule has 1 N–H and O–H groups in total. The Kier molecular flexibility index (Phi) is 4.96. The minimum absolute atomic E-state index is 0.159. The second kappa shape index (κ2) is 6.72. The van der Waals surface area contributed by atoms with Crippen molar-refractivity contribution in [3.8, 4) is 0 Å².